The molecule has 0 radical (unpaired) electrons. The zero-order chi connectivity index (χ0) is 17.2. The number of hydrogen-bond donors (Lipinski definition) is 2. The van der Waals surface area contributed by atoms with E-state index in [4.69, 9.17) is 10.5 Å². The molecule has 0 saturated heterocycles. The first-order valence-electron chi connectivity index (χ1n) is 7.57. The fraction of sp³-hybridized carbons (Fsp3) is 0.222. The minimum atomic E-state index is -0.423. The van der Waals surface area contributed by atoms with E-state index in [-0.39, 0.29) is 17.4 Å². The van der Waals surface area contributed by atoms with Crippen molar-refractivity contribution in [3.8, 4) is 16.9 Å². The molecule has 2 aromatic rings. The summed E-state index contributed by atoms with van der Waals surface area (Å²) in [5.41, 5.74) is 7.11. The summed E-state index contributed by atoms with van der Waals surface area (Å²) in [6, 6.07) is 17.8. The van der Waals surface area contributed by atoms with E-state index in [9.17, 15) is 9.59 Å². The number of ether oxygens (including phenoxy) is 1. The van der Waals surface area contributed by atoms with E-state index in [0.29, 0.717) is 13.2 Å². The second-order valence-corrected chi connectivity index (χ2v) is 6.01. The van der Waals surface area contributed by atoms with Crippen LogP contribution in [0.15, 0.2) is 54.6 Å². The Hall–Kier alpha value is -2.47. The van der Waals surface area contributed by atoms with Gasteiger partial charge in [-0.25, -0.2) is 0 Å². The average molecular weight is 344 g/mol. The van der Waals surface area contributed by atoms with Crippen molar-refractivity contribution >= 4 is 23.6 Å². The highest BCUT2D eigenvalue weighted by Gasteiger charge is 2.06. The summed E-state index contributed by atoms with van der Waals surface area (Å²) in [6.45, 7) is 0.773. The van der Waals surface area contributed by atoms with Gasteiger partial charge in [0.05, 0.1) is 18.1 Å². The van der Waals surface area contributed by atoms with Crippen molar-refractivity contribution in [1.29, 1.82) is 0 Å². The second kappa shape index (κ2) is 9.62. The number of benzene rings is 2. The van der Waals surface area contributed by atoms with Gasteiger partial charge in [0.15, 0.2) is 0 Å². The third kappa shape index (κ3) is 5.96. The summed E-state index contributed by atoms with van der Waals surface area (Å²) in [4.78, 5) is 22.2. The van der Waals surface area contributed by atoms with Gasteiger partial charge in [0.1, 0.15) is 12.4 Å². The quantitative estimate of drug-likeness (QED) is 0.682. The van der Waals surface area contributed by atoms with Crippen molar-refractivity contribution in [3.05, 3.63) is 54.6 Å². The van der Waals surface area contributed by atoms with Crippen LogP contribution in [0.25, 0.3) is 11.1 Å². The van der Waals surface area contributed by atoms with Crippen LogP contribution in [0.2, 0.25) is 0 Å². The molecule has 5 nitrogen and oxygen atoms in total. The predicted octanol–water partition coefficient (Wildman–Crippen LogP) is 2.07. The minimum Gasteiger partial charge on any atom is -0.491 e. The van der Waals surface area contributed by atoms with Gasteiger partial charge in [-0.2, -0.15) is 0 Å². The third-order valence-electron chi connectivity index (χ3n) is 3.13. The van der Waals surface area contributed by atoms with Crippen molar-refractivity contribution in [1.82, 2.24) is 5.32 Å². The number of carbonyl (C=O) groups excluding carboxylic acids is 2. The van der Waals surface area contributed by atoms with Crippen molar-refractivity contribution in [3.63, 3.8) is 0 Å². The Balaban J connectivity index is 1.79. The lowest BCUT2D eigenvalue weighted by atomic mass is 10.1. The van der Waals surface area contributed by atoms with Crippen LogP contribution in [0.3, 0.4) is 0 Å². The van der Waals surface area contributed by atoms with Crippen LogP contribution in [-0.2, 0) is 9.59 Å². The third-order valence-corrected chi connectivity index (χ3v) is 4.09. The first kappa shape index (κ1) is 17.9. The number of nitrogens with one attached hydrogen (secondary N) is 1. The largest absolute Gasteiger partial charge is 0.491 e. The Morgan fingerprint density at radius 1 is 1.00 bits per heavy atom. The molecule has 0 unspecified atom stereocenters. The Kier molecular flexibility index (Phi) is 7.17. The van der Waals surface area contributed by atoms with Gasteiger partial charge in [-0.1, -0.05) is 48.5 Å². The maximum absolute atomic E-state index is 11.6. The summed E-state index contributed by atoms with van der Waals surface area (Å²) in [5, 5.41) is 2.75. The van der Waals surface area contributed by atoms with Crippen LogP contribution >= 0.6 is 11.8 Å². The molecule has 0 bridgehead atoms. The first-order valence-corrected chi connectivity index (χ1v) is 8.72. The van der Waals surface area contributed by atoms with E-state index in [1.165, 1.54) is 11.8 Å². The summed E-state index contributed by atoms with van der Waals surface area (Å²) in [5.74, 6) is 0.577. The zero-order valence-electron chi connectivity index (χ0n) is 13.2. The van der Waals surface area contributed by atoms with Crippen molar-refractivity contribution in [2.24, 2.45) is 5.73 Å². The van der Waals surface area contributed by atoms with Crippen LogP contribution in [0.4, 0.5) is 0 Å². The molecule has 0 aliphatic rings. The lowest BCUT2D eigenvalue weighted by Gasteiger charge is -2.12. The lowest BCUT2D eigenvalue weighted by molar-refractivity contribution is -0.118. The van der Waals surface area contributed by atoms with Crippen molar-refractivity contribution in [2.45, 2.75) is 0 Å². The van der Waals surface area contributed by atoms with Crippen LogP contribution in [0.5, 0.6) is 5.75 Å². The van der Waals surface area contributed by atoms with E-state index < -0.39 is 5.91 Å². The van der Waals surface area contributed by atoms with E-state index in [1.54, 1.807) is 0 Å². The molecule has 3 N–H and O–H groups in total. The minimum absolute atomic E-state index is 0.138. The van der Waals surface area contributed by atoms with Crippen LogP contribution < -0.4 is 15.8 Å². The second-order valence-electron chi connectivity index (χ2n) is 5.02. The molecule has 0 atom stereocenters. The average Bonchev–Trinajstić information content (AvgIpc) is 2.59. The van der Waals surface area contributed by atoms with Gasteiger partial charge in [-0.3, -0.25) is 9.59 Å². The number of hydrogen-bond acceptors (Lipinski definition) is 4. The maximum atomic E-state index is 11.6. The molecule has 0 fully saturated rings. The van der Waals surface area contributed by atoms with Crippen molar-refractivity contribution in [2.75, 3.05) is 24.7 Å². The summed E-state index contributed by atoms with van der Waals surface area (Å²) in [7, 11) is 0. The molecule has 24 heavy (non-hydrogen) atoms. The van der Waals surface area contributed by atoms with E-state index in [2.05, 4.69) is 5.32 Å². The fourth-order valence-corrected chi connectivity index (χ4v) is 2.69. The van der Waals surface area contributed by atoms with Crippen LogP contribution in [-0.4, -0.2) is 36.5 Å². The van der Waals surface area contributed by atoms with Gasteiger partial charge in [0.25, 0.3) is 0 Å². The number of primary amides is 1. The molecule has 2 aromatic carbocycles. The highest BCUT2D eigenvalue weighted by Crippen LogP contribution is 2.29. The summed E-state index contributed by atoms with van der Waals surface area (Å²) >= 11 is 1.20. The SMILES string of the molecule is NC(=O)CSCC(=O)NCCOc1ccccc1-c1ccccc1. The molecule has 0 spiro atoms. The molecular weight excluding hydrogens is 324 g/mol. The maximum Gasteiger partial charge on any atom is 0.230 e. The number of carbonyl (C=O) groups is 2. The number of amides is 2. The van der Waals surface area contributed by atoms with Crippen LogP contribution in [0, 0.1) is 0 Å². The van der Waals surface area contributed by atoms with Gasteiger partial charge in [-0.05, 0) is 11.6 Å². The summed E-state index contributed by atoms with van der Waals surface area (Å²) < 4.78 is 5.79. The lowest BCUT2D eigenvalue weighted by Crippen LogP contribution is -2.30. The molecular formula is C18H20N2O3S. The van der Waals surface area contributed by atoms with Crippen molar-refractivity contribution < 1.29 is 14.3 Å². The summed E-state index contributed by atoms with van der Waals surface area (Å²) in [6.07, 6.45) is 0. The highest BCUT2D eigenvalue weighted by molar-refractivity contribution is 8.00. The molecule has 126 valence electrons. The number of nitrogens with two attached hydrogens (primary N) is 1. The number of thioether (sulfide) groups is 1. The molecule has 2 rings (SSSR count). The van der Waals surface area contributed by atoms with E-state index in [1.807, 2.05) is 54.6 Å². The van der Waals surface area contributed by atoms with E-state index in [0.717, 1.165) is 16.9 Å². The monoisotopic (exact) mass is 344 g/mol. The standard InChI is InChI=1S/C18H20N2O3S/c19-17(21)12-24-13-18(22)20-10-11-23-16-9-5-4-8-15(16)14-6-2-1-3-7-14/h1-9H,10-13H2,(H2,19,21)(H,20,22). The van der Waals surface area contributed by atoms with E-state index >= 15 is 0 Å². The molecule has 2 amide bonds. The Morgan fingerprint density at radius 2 is 1.71 bits per heavy atom. The first-order chi connectivity index (χ1) is 11.7. The predicted molar refractivity (Wildman–Crippen MR) is 96.9 cm³/mol. The van der Waals surface area contributed by atoms with Gasteiger partial charge >= 0.3 is 0 Å². The van der Waals surface area contributed by atoms with Gasteiger partial charge in [0.2, 0.25) is 11.8 Å². The normalized spacial score (nSPS) is 10.2. The molecule has 6 heteroatoms. The van der Waals surface area contributed by atoms with Crippen LogP contribution in [0.1, 0.15) is 0 Å². The van der Waals surface area contributed by atoms with Gasteiger partial charge in [0, 0.05) is 5.56 Å². The number of para-hydroxylation sites is 1. The molecule has 0 aliphatic carbocycles. The Labute approximate surface area is 145 Å². The topological polar surface area (TPSA) is 81.4 Å². The number of rotatable bonds is 9. The van der Waals surface area contributed by atoms with Gasteiger partial charge < -0.3 is 15.8 Å². The molecule has 0 aliphatic heterocycles. The smallest absolute Gasteiger partial charge is 0.230 e. The van der Waals surface area contributed by atoms with Gasteiger partial charge in [-0.15, -0.1) is 11.8 Å². The molecule has 0 heterocycles. The Morgan fingerprint density at radius 3 is 2.46 bits per heavy atom. The zero-order valence-corrected chi connectivity index (χ0v) is 14.1. The Bertz CT molecular complexity index is 677. The molecule has 0 saturated carbocycles. The fourth-order valence-electron chi connectivity index (χ4n) is 2.10. The molecule has 0 aromatic heterocycles. The highest BCUT2D eigenvalue weighted by atomic mass is 32.2.